The van der Waals surface area contributed by atoms with Crippen LogP contribution >= 0.6 is 0 Å². The van der Waals surface area contributed by atoms with E-state index in [1.54, 1.807) is 30.3 Å². The molecule has 14 heteroatoms. The third-order valence-corrected chi connectivity index (χ3v) is 12.8. The van der Waals surface area contributed by atoms with Crippen molar-refractivity contribution in [2.24, 2.45) is 0 Å². The van der Waals surface area contributed by atoms with Gasteiger partial charge in [0.05, 0.1) is 42.4 Å². The number of alkyl halides is 1. The number of hydrogen-bond acceptors (Lipinski definition) is 10. The SMILES string of the molecule is C#Cc1c(F)ccc2cccc(-c3ncc4c(N5CCN(C(=O)C=CCN6CC7CC6CO7)C6(COC6)C5)nc(OC[C@@]56CCCN5C[C@H](F)C6)nc4c3F)c12. The fraction of sp³-hybridized carbons (Fsp3) is 0.476. The van der Waals surface area contributed by atoms with Crippen molar-refractivity contribution in [2.45, 2.75) is 55.1 Å². The number of amides is 1. The summed E-state index contributed by atoms with van der Waals surface area (Å²) in [7, 11) is 0. The summed E-state index contributed by atoms with van der Waals surface area (Å²) in [6, 6.07) is 8.46. The van der Waals surface area contributed by atoms with Crippen LogP contribution in [0, 0.1) is 24.0 Å². The molecule has 2 unspecified atom stereocenters. The molecule has 8 heterocycles. The van der Waals surface area contributed by atoms with Crippen molar-refractivity contribution in [3.8, 4) is 29.6 Å². The largest absolute Gasteiger partial charge is 0.461 e. The number of halogens is 3. The predicted octanol–water partition coefficient (Wildman–Crippen LogP) is 4.51. The number of benzene rings is 2. The molecular formula is C42H42F3N7O4. The van der Waals surface area contributed by atoms with Crippen LogP contribution in [0.25, 0.3) is 32.9 Å². The minimum atomic E-state index is -0.948. The van der Waals surface area contributed by atoms with Crippen LogP contribution in [0.3, 0.4) is 0 Å². The molecule has 11 nitrogen and oxygen atoms in total. The highest BCUT2D eigenvalue weighted by atomic mass is 19.1. The summed E-state index contributed by atoms with van der Waals surface area (Å²) >= 11 is 0. The monoisotopic (exact) mass is 765 g/mol. The molecule has 4 aromatic rings. The molecule has 2 aromatic heterocycles. The number of likely N-dealkylation sites (tertiary alicyclic amines) is 1. The van der Waals surface area contributed by atoms with Crippen molar-refractivity contribution in [1.82, 2.24) is 29.7 Å². The number of pyridine rings is 1. The zero-order chi connectivity index (χ0) is 38.2. The summed E-state index contributed by atoms with van der Waals surface area (Å²) in [6.45, 7) is 5.49. The summed E-state index contributed by atoms with van der Waals surface area (Å²) in [5.74, 6) is 1.43. The van der Waals surface area contributed by atoms with Gasteiger partial charge in [0.1, 0.15) is 41.2 Å². The smallest absolute Gasteiger partial charge is 0.319 e. The van der Waals surface area contributed by atoms with Gasteiger partial charge in [-0.15, -0.1) is 6.42 Å². The third kappa shape index (κ3) is 5.81. The van der Waals surface area contributed by atoms with Gasteiger partial charge in [-0.3, -0.25) is 19.6 Å². The molecule has 0 N–H and O–H groups in total. The number of ether oxygens (including phenoxy) is 3. The van der Waals surface area contributed by atoms with E-state index in [0.717, 1.165) is 39.0 Å². The molecule has 1 spiro atoms. The van der Waals surface area contributed by atoms with Gasteiger partial charge in [0.25, 0.3) is 0 Å². The van der Waals surface area contributed by atoms with E-state index in [9.17, 15) is 13.6 Å². The highest BCUT2D eigenvalue weighted by Crippen LogP contribution is 2.42. The quantitative estimate of drug-likeness (QED) is 0.189. The number of hydrogen-bond donors (Lipinski definition) is 0. The van der Waals surface area contributed by atoms with E-state index in [1.807, 2.05) is 15.9 Å². The van der Waals surface area contributed by atoms with Gasteiger partial charge in [0.2, 0.25) is 5.91 Å². The lowest BCUT2D eigenvalue weighted by atomic mass is 9.91. The minimum absolute atomic E-state index is 0.0165. The second-order valence-corrected chi connectivity index (χ2v) is 16.2. The van der Waals surface area contributed by atoms with E-state index in [2.05, 4.69) is 25.7 Å². The highest BCUT2D eigenvalue weighted by Gasteiger charge is 2.51. The normalized spacial score (nSPS) is 27.1. The highest BCUT2D eigenvalue weighted by molar-refractivity contribution is 6.02. The van der Waals surface area contributed by atoms with Crippen molar-refractivity contribution in [1.29, 1.82) is 0 Å². The van der Waals surface area contributed by atoms with Crippen LogP contribution in [-0.4, -0.2) is 137 Å². The second kappa shape index (κ2) is 13.7. The van der Waals surface area contributed by atoms with Gasteiger partial charge in [-0.2, -0.15) is 9.97 Å². The molecule has 6 saturated heterocycles. The Labute approximate surface area is 322 Å². The van der Waals surface area contributed by atoms with Crippen LogP contribution in [0.2, 0.25) is 0 Å². The molecule has 56 heavy (non-hydrogen) atoms. The van der Waals surface area contributed by atoms with Crippen molar-refractivity contribution in [3.63, 3.8) is 0 Å². The minimum Gasteiger partial charge on any atom is -0.461 e. The summed E-state index contributed by atoms with van der Waals surface area (Å²) in [5, 5.41) is 1.37. The van der Waals surface area contributed by atoms with Crippen molar-refractivity contribution in [3.05, 3.63) is 65.9 Å². The molecule has 290 valence electrons. The van der Waals surface area contributed by atoms with Gasteiger partial charge < -0.3 is 24.0 Å². The van der Waals surface area contributed by atoms with Crippen molar-refractivity contribution >= 4 is 33.4 Å². The van der Waals surface area contributed by atoms with E-state index in [1.165, 1.54) is 12.3 Å². The summed E-state index contributed by atoms with van der Waals surface area (Å²) in [5.41, 5.74) is -0.822. The van der Waals surface area contributed by atoms with Crippen molar-refractivity contribution < 1.29 is 32.2 Å². The first kappa shape index (κ1) is 35.6. The number of carbonyl (C=O) groups is 1. The van der Waals surface area contributed by atoms with Gasteiger partial charge in [-0.1, -0.05) is 36.3 Å². The molecule has 2 bridgehead atoms. The maximum Gasteiger partial charge on any atom is 0.319 e. The maximum absolute atomic E-state index is 17.1. The molecule has 0 saturated carbocycles. The van der Waals surface area contributed by atoms with Crippen LogP contribution < -0.4 is 9.64 Å². The average Bonchev–Trinajstić information content (AvgIpc) is 3.98. The van der Waals surface area contributed by atoms with E-state index in [0.29, 0.717) is 85.9 Å². The summed E-state index contributed by atoms with van der Waals surface area (Å²) in [6.07, 6.45) is 13.3. The lowest BCUT2D eigenvalue weighted by Gasteiger charge is -2.55. The number of rotatable bonds is 8. The number of fused-ring (bicyclic) bond motifs is 5. The zero-order valence-corrected chi connectivity index (χ0v) is 30.9. The number of aromatic nitrogens is 3. The Morgan fingerprint density at radius 3 is 2.80 bits per heavy atom. The number of anilines is 1. The van der Waals surface area contributed by atoms with E-state index in [-0.39, 0.29) is 41.4 Å². The Morgan fingerprint density at radius 1 is 1.12 bits per heavy atom. The van der Waals surface area contributed by atoms with Crippen LogP contribution in [0.4, 0.5) is 19.0 Å². The average molecular weight is 766 g/mol. The second-order valence-electron chi connectivity index (χ2n) is 16.2. The fourth-order valence-corrected chi connectivity index (χ4v) is 10.0. The predicted molar refractivity (Wildman–Crippen MR) is 203 cm³/mol. The fourth-order valence-electron chi connectivity index (χ4n) is 10.0. The lowest BCUT2D eigenvalue weighted by Crippen LogP contribution is -2.72. The first-order chi connectivity index (χ1) is 27.2. The topological polar surface area (TPSA) is 96.4 Å². The number of terminal acetylenes is 1. The number of morpholine rings is 1. The van der Waals surface area contributed by atoms with Gasteiger partial charge >= 0.3 is 6.01 Å². The molecule has 6 aliphatic rings. The number of nitrogens with zero attached hydrogens (tertiary/aromatic N) is 7. The Hall–Kier alpha value is -4.81. The molecule has 4 atom stereocenters. The van der Waals surface area contributed by atoms with Crippen LogP contribution in [-0.2, 0) is 14.3 Å². The van der Waals surface area contributed by atoms with Gasteiger partial charge in [0, 0.05) is 75.0 Å². The van der Waals surface area contributed by atoms with Crippen LogP contribution in [0.5, 0.6) is 6.01 Å². The number of carbonyl (C=O) groups excluding carboxylic acids is 1. The molecule has 10 rings (SSSR count). The van der Waals surface area contributed by atoms with Gasteiger partial charge in [-0.05, 0) is 37.3 Å². The Kier molecular flexibility index (Phi) is 8.70. The standard InChI is InChI=1S/C42H42F3N7O4/c1-2-30-33(44)10-9-26-6-3-7-31(35(26)30)37-36(45)38-32(18-46-37)39(48-40(47-38)56-25-41-11-5-13-51(41)19-27(43)17-41)50-14-15-52(42(22-50)23-54-24-42)34(53)8-4-12-49-20-29-16-28(49)21-55-29/h1,3-4,6-10,18,27-29H,5,11-17,19-25H2/t27-,28?,29?,41+/m1/s1. The Balaban J connectivity index is 0.999. The van der Waals surface area contributed by atoms with Crippen LogP contribution in [0.1, 0.15) is 31.2 Å². The molecule has 6 aliphatic heterocycles. The Morgan fingerprint density at radius 2 is 2.02 bits per heavy atom. The zero-order valence-electron chi connectivity index (χ0n) is 30.9. The van der Waals surface area contributed by atoms with E-state index < -0.39 is 28.9 Å². The molecular weight excluding hydrogens is 724 g/mol. The first-order valence-electron chi connectivity index (χ1n) is 19.5. The van der Waals surface area contributed by atoms with E-state index >= 15 is 4.39 Å². The summed E-state index contributed by atoms with van der Waals surface area (Å²) < 4.78 is 64.5. The molecule has 1 amide bonds. The maximum atomic E-state index is 17.1. The molecule has 6 fully saturated rings. The lowest BCUT2D eigenvalue weighted by molar-refractivity contribution is -0.164. The first-order valence-corrected chi connectivity index (χ1v) is 19.5. The van der Waals surface area contributed by atoms with Crippen LogP contribution in [0.15, 0.2) is 48.7 Å². The van der Waals surface area contributed by atoms with E-state index in [4.69, 9.17) is 25.6 Å². The molecule has 0 radical (unpaired) electrons. The van der Waals surface area contributed by atoms with Gasteiger partial charge in [-0.25, -0.2) is 13.2 Å². The molecule has 2 aromatic carbocycles. The Bertz CT molecular complexity index is 2320. The third-order valence-electron chi connectivity index (χ3n) is 12.8. The summed E-state index contributed by atoms with van der Waals surface area (Å²) in [4.78, 5) is 36.2. The number of piperazine rings is 1. The van der Waals surface area contributed by atoms with Crippen molar-refractivity contribution in [2.75, 3.05) is 77.1 Å². The molecule has 0 aliphatic carbocycles. The van der Waals surface area contributed by atoms with Gasteiger partial charge in [0.15, 0.2) is 5.82 Å².